The second kappa shape index (κ2) is 7.76. The van der Waals surface area contributed by atoms with Gasteiger partial charge in [0.15, 0.2) is 0 Å². The average Bonchev–Trinajstić information content (AvgIpc) is 3.02. The van der Waals surface area contributed by atoms with Crippen LogP contribution in [0.15, 0.2) is 30.3 Å². The number of benzene rings is 1. The molecule has 7 nitrogen and oxygen atoms in total. The fourth-order valence-corrected chi connectivity index (χ4v) is 4.26. The van der Waals surface area contributed by atoms with Crippen LogP contribution in [0.4, 0.5) is 0 Å². The van der Waals surface area contributed by atoms with Crippen LogP contribution in [-0.4, -0.2) is 48.9 Å². The summed E-state index contributed by atoms with van der Waals surface area (Å²) >= 11 is 0. The van der Waals surface area contributed by atoms with Gasteiger partial charge in [-0.3, -0.25) is 4.79 Å². The fourth-order valence-electron chi connectivity index (χ4n) is 2.85. The Hall–Kier alpha value is -1.93. The number of amides is 1. The first-order valence-electron chi connectivity index (χ1n) is 7.91. The minimum Gasteiger partial charge on any atom is -0.480 e. The Balaban J connectivity index is 2.08. The van der Waals surface area contributed by atoms with Crippen molar-refractivity contribution in [3.8, 4) is 0 Å². The van der Waals surface area contributed by atoms with Crippen LogP contribution in [0.2, 0.25) is 0 Å². The number of nitrogens with one attached hydrogen (secondary N) is 1. The van der Waals surface area contributed by atoms with E-state index in [1.165, 1.54) is 4.90 Å². The largest absolute Gasteiger partial charge is 0.480 e. The number of carbonyl (C=O) groups is 2. The number of carboxylic acid groups (broad SMARTS) is 1. The standard InChI is InChI=1S/C16H22N2O5S/c1-2-13(15(19)18-10-6-9-14(18)16(20)21)17-24(22,23)11-12-7-4-3-5-8-12/h3-5,7-8,13-14,17H,2,6,9-11H2,1H3,(H,20,21)/t13-,14+/m1/s1. The highest BCUT2D eigenvalue weighted by atomic mass is 32.2. The van der Waals surface area contributed by atoms with Crippen molar-refractivity contribution in [2.45, 2.75) is 44.0 Å². The molecule has 0 aliphatic carbocycles. The van der Waals surface area contributed by atoms with Gasteiger partial charge >= 0.3 is 5.97 Å². The van der Waals surface area contributed by atoms with Crippen LogP contribution in [-0.2, 0) is 25.4 Å². The Morgan fingerprint density at radius 1 is 1.33 bits per heavy atom. The van der Waals surface area contributed by atoms with Gasteiger partial charge in [0.25, 0.3) is 0 Å². The lowest BCUT2D eigenvalue weighted by Crippen LogP contribution is -2.51. The second-order valence-electron chi connectivity index (χ2n) is 5.85. The van der Waals surface area contributed by atoms with E-state index in [1.807, 2.05) is 0 Å². The summed E-state index contributed by atoms with van der Waals surface area (Å²) in [5.41, 5.74) is 0.622. The van der Waals surface area contributed by atoms with Gasteiger partial charge in [0.1, 0.15) is 12.1 Å². The summed E-state index contributed by atoms with van der Waals surface area (Å²) in [6, 6.07) is 6.86. The molecule has 1 aliphatic heterocycles. The highest BCUT2D eigenvalue weighted by molar-refractivity contribution is 7.88. The third-order valence-electron chi connectivity index (χ3n) is 4.05. The molecular weight excluding hydrogens is 332 g/mol. The van der Waals surface area contributed by atoms with E-state index in [0.29, 0.717) is 24.9 Å². The zero-order valence-electron chi connectivity index (χ0n) is 13.5. The summed E-state index contributed by atoms with van der Waals surface area (Å²) in [6.07, 6.45) is 1.26. The molecule has 1 amide bonds. The summed E-state index contributed by atoms with van der Waals surface area (Å²) in [5.74, 6) is -1.75. The first kappa shape index (κ1) is 18.4. The van der Waals surface area contributed by atoms with Crippen molar-refractivity contribution in [3.05, 3.63) is 35.9 Å². The molecule has 0 bridgehead atoms. The number of carbonyl (C=O) groups excluding carboxylic acids is 1. The zero-order chi connectivity index (χ0) is 17.7. The first-order chi connectivity index (χ1) is 11.3. The van der Waals surface area contributed by atoms with Gasteiger partial charge in [-0.25, -0.2) is 17.9 Å². The molecule has 0 aromatic heterocycles. The van der Waals surface area contributed by atoms with Crippen molar-refractivity contribution >= 4 is 21.9 Å². The average molecular weight is 354 g/mol. The van der Waals surface area contributed by atoms with Crippen molar-refractivity contribution in [1.82, 2.24) is 9.62 Å². The van der Waals surface area contributed by atoms with E-state index in [4.69, 9.17) is 0 Å². The Labute approximate surface area is 141 Å². The van der Waals surface area contributed by atoms with Gasteiger partial charge in [-0.1, -0.05) is 37.3 Å². The van der Waals surface area contributed by atoms with Crippen molar-refractivity contribution in [3.63, 3.8) is 0 Å². The molecule has 1 heterocycles. The molecule has 0 radical (unpaired) electrons. The molecule has 2 N–H and O–H groups in total. The van der Waals surface area contributed by atoms with Gasteiger partial charge in [0.05, 0.1) is 5.75 Å². The molecule has 1 fully saturated rings. The highest BCUT2D eigenvalue weighted by Gasteiger charge is 2.37. The Morgan fingerprint density at radius 2 is 2.00 bits per heavy atom. The minimum atomic E-state index is -3.70. The van der Waals surface area contributed by atoms with Gasteiger partial charge in [0, 0.05) is 6.54 Å². The predicted octanol–water partition coefficient (Wildman–Crippen LogP) is 0.960. The summed E-state index contributed by atoms with van der Waals surface area (Å²) in [5, 5.41) is 9.18. The maximum atomic E-state index is 12.6. The molecule has 0 spiro atoms. The van der Waals surface area contributed by atoms with Crippen LogP contribution in [0.25, 0.3) is 0 Å². The Bertz CT molecular complexity index is 690. The maximum absolute atomic E-state index is 12.6. The van der Waals surface area contributed by atoms with Gasteiger partial charge in [-0.05, 0) is 24.8 Å². The number of nitrogens with zero attached hydrogens (tertiary/aromatic N) is 1. The number of aliphatic carboxylic acids is 1. The van der Waals surface area contributed by atoms with Crippen LogP contribution >= 0.6 is 0 Å². The Morgan fingerprint density at radius 3 is 2.58 bits per heavy atom. The van der Waals surface area contributed by atoms with Crippen LogP contribution in [0, 0.1) is 0 Å². The van der Waals surface area contributed by atoms with E-state index in [1.54, 1.807) is 37.3 Å². The number of rotatable bonds is 7. The number of sulfonamides is 1. The molecular formula is C16H22N2O5S. The van der Waals surface area contributed by atoms with Crippen molar-refractivity contribution in [2.24, 2.45) is 0 Å². The van der Waals surface area contributed by atoms with E-state index in [0.717, 1.165) is 0 Å². The number of hydrogen-bond donors (Lipinski definition) is 2. The van der Waals surface area contributed by atoms with Gasteiger partial charge in [-0.15, -0.1) is 0 Å². The smallest absolute Gasteiger partial charge is 0.326 e. The normalized spacial score (nSPS) is 19.2. The van der Waals surface area contributed by atoms with Crippen molar-refractivity contribution < 1.29 is 23.1 Å². The summed E-state index contributed by atoms with van der Waals surface area (Å²) in [7, 11) is -3.70. The molecule has 2 atom stereocenters. The summed E-state index contributed by atoms with van der Waals surface area (Å²) in [4.78, 5) is 25.0. The molecule has 1 saturated heterocycles. The fraction of sp³-hybridized carbons (Fsp3) is 0.500. The van der Waals surface area contributed by atoms with E-state index < -0.39 is 34.0 Å². The zero-order valence-corrected chi connectivity index (χ0v) is 14.3. The molecule has 8 heteroatoms. The van der Waals surface area contributed by atoms with Gasteiger partial charge in [0.2, 0.25) is 15.9 Å². The van der Waals surface area contributed by atoms with E-state index >= 15 is 0 Å². The highest BCUT2D eigenvalue weighted by Crippen LogP contribution is 2.19. The lowest BCUT2D eigenvalue weighted by atomic mass is 10.2. The van der Waals surface area contributed by atoms with Gasteiger partial charge < -0.3 is 10.0 Å². The molecule has 0 saturated carbocycles. The first-order valence-corrected chi connectivity index (χ1v) is 9.56. The monoisotopic (exact) mass is 354 g/mol. The van der Waals surface area contributed by atoms with E-state index in [2.05, 4.69) is 4.72 Å². The molecule has 24 heavy (non-hydrogen) atoms. The topological polar surface area (TPSA) is 104 Å². The van der Waals surface area contributed by atoms with Crippen LogP contribution in [0.3, 0.4) is 0 Å². The lowest BCUT2D eigenvalue weighted by Gasteiger charge is -2.26. The quantitative estimate of drug-likeness (QED) is 0.759. The second-order valence-corrected chi connectivity index (χ2v) is 7.61. The SMILES string of the molecule is CC[C@@H](NS(=O)(=O)Cc1ccccc1)C(=O)N1CCC[C@H]1C(=O)O. The minimum absolute atomic E-state index is 0.222. The predicted molar refractivity (Wildman–Crippen MR) is 88.7 cm³/mol. The summed E-state index contributed by atoms with van der Waals surface area (Å²) < 4.78 is 27.0. The van der Waals surface area contributed by atoms with Crippen LogP contribution in [0.5, 0.6) is 0 Å². The van der Waals surface area contributed by atoms with E-state index in [-0.39, 0.29) is 12.2 Å². The maximum Gasteiger partial charge on any atom is 0.326 e. The molecule has 1 aromatic rings. The Kier molecular flexibility index (Phi) is 5.95. The molecule has 0 unspecified atom stereocenters. The van der Waals surface area contributed by atoms with Crippen molar-refractivity contribution in [1.29, 1.82) is 0 Å². The molecule has 132 valence electrons. The van der Waals surface area contributed by atoms with Crippen molar-refractivity contribution in [2.75, 3.05) is 6.54 Å². The summed E-state index contributed by atoms with van der Waals surface area (Å²) in [6.45, 7) is 2.03. The number of hydrogen-bond acceptors (Lipinski definition) is 4. The molecule has 2 rings (SSSR count). The molecule has 1 aromatic carbocycles. The van der Waals surface area contributed by atoms with Crippen LogP contribution < -0.4 is 4.72 Å². The number of likely N-dealkylation sites (tertiary alicyclic amines) is 1. The number of carboxylic acids is 1. The molecule has 1 aliphatic rings. The van der Waals surface area contributed by atoms with E-state index in [9.17, 15) is 23.1 Å². The third-order valence-corrected chi connectivity index (χ3v) is 5.41. The third kappa shape index (κ3) is 4.55. The van der Waals surface area contributed by atoms with Gasteiger partial charge in [-0.2, -0.15) is 0 Å². The lowest BCUT2D eigenvalue weighted by molar-refractivity contribution is -0.148. The van der Waals surface area contributed by atoms with Crippen LogP contribution in [0.1, 0.15) is 31.7 Å².